The molecule has 0 bridgehead atoms. The molecule has 2 amide bonds. The molecular weight excluding hydrogens is 474 g/mol. The average Bonchev–Trinajstić information content (AvgIpc) is 3.23. The van der Waals surface area contributed by atoms with Crippen LogP contribution in [0.5, 0.6) is 11.5 Å². The third kappa shape index (κ3) is 4.44. The number of nitrogens with one attached hydrogen (secondary N) is 2. The molecule has 0 unspecified atom stereocenters. The van der Waals surface area contributed by atoms with Crippen LogP contribution in [-0.4, -0.2) is 50.8 Å². The van der Waals surface area contributed by atoms with Crippen molar-refractivity contribution in [2.24, 2.45) is 5.92 Å². The average molecular weight is 500 g/mol. The lowest BCUT2D eigenvalue weighted by Crippen LogP contribution is -2.48. The van der Waals surface area contributed by atoms with Crippen LogP contribution in [0, 0.1) is 12.8 Å². The summed E-state index contributed by atoms with van der Waals surface area (Å²) >= 11 is 0. The van der Waals surface area contributed by atoms with Crippen LogP contribution in [0.2, 0.25) is 0 Å². The van der Waals surface area contributed by atoms with Gasteiger partial charge in [-0.25, -0.2) is 8.42 Å². The number of nitrogens with zero attached hydrogens (tertiary/aromatic N) is 1. The van der Waals surface area contributed by atoms with Gasteiger partial charge in [0.05, 0.1) is 4.90 Å². The van der Waals surface area contributed by atoms with Crippen molar-refractivity contribution < 1.29 is 31.9 Å². The quantitative estimate of drug-likeness (QED) is 0.528. The summed E-state index contributed by atoms with van der Waals surface area (Å²) in [5.74, 6) is -0.299. The van der Waals surface area contributed by atoms with Gasteiger partial charge < -0.3 is 13.9 Å². The summed E-state index contributed by atoms with van der Waals surface area (Å²) in [6.45, 7) is 2.94. The van der Waals surface area contributed by atoms with Crippen molar-refractivity contribution in [1.29, 1.82) is 0 Å². The Balaban J connectivity index is 1.17. The number of rotatable bonds is 4. The Bertz CT molecular complexity index is 1390. The maximum Gasteiger partial charge on any atom is 0.305 e. The molecule has 0 spiro atoms. The molecule has 5 rings (SSSR count). The van der Waals surface area contributed by atoms with Gasteiger partial charge in [-0.3, -0.25) is 20.4 Å². The minimum atomic E-state index is -3.74. The molecule has 0 aliphatic carbocycles. The summed E-state index contributed by atoms with van der Waals surface area (Å²) < 4.78 is 44.1. The number of hydrazine groups is 1. The minimum Gasteiger partial charge on any atom is -0.486 e. The highest BCUT2D eigenvalue weighted by Crippen LogP contribution is 2.34. The third-order valence-corrected chi connectivity index (χ3v) is 8.22. The Morgan fingerprint density at radius 2 is 1.69 bits per heavy atom. The normalized spacial score (nSPS) is 16.7. The van der Waals surface area contributed by atoms with Crippen LogP contribution >= 0.6 is 0 Å². The molecular formula is C24H25N3O7S. The van der Waals surface area contributed by atoms with Gasteiger partial charge in [0.2, 0.25) is 15.9 Å². The van der Waals surface area contributed by atoms with Crippen LogP contribution in [0.15, 0.2) is 51.8 Å². The Labute approximate surface area is 202 Å². The van der Waals surface area contributed by atoms with Crippen molar-refractivity contribution in [2.75, 3.05) is 26.3 Å². The highest BCUT2D eigenvalue weighted by Gasteiger charge is 2.33. The first kappa shape index (κ1) is 23.2. The maximum absolute atomic E-state index is 13.1. The first-order valence-electron chi connectivity index (χ1n) is 11.3. The lowest BCUT2D eigenvalue weighted by Gasteiger charge is -2.30. The van der Waals surface area contributed by atoms with Crippen molar-refractivity contribution >= 4 is 32.8 Å². The number of hydrogen-bond donors (Lipinski definition) is 2. The van der Waals surface area contributed by atoms with Crippen LogP contribution in [0.1, 0.15) is 29.0 Å². The monoisotopic (exact) mass is 499 g/mol. The number of amides is 2. The van der Waals surface area contributed by atoms with Gasteiger partial charge in [-0.15, -0.1) is 0 Å². The number of carbonyl (C=O) groups is 2. The zero-order valence-corrected chi connectivity index (χ0v) is 19.9. The second-order valence-corrected chi connectivity index (χ2v) is 10.4. The first-order valence-corrected chi connectivity index (χ1v) is 12.8. The summed E-state index contributed by atoms with van der Waals surface area (Å²) in [6, 6.07) is 11.9. The second kappa shape index (κ2) is 9.23. The number of para-hydroxylation sites is 1. The number of fused-ring (bicyclic) bond motifs is 2. The van der Waals surface area contributed by atoms with E-state index in [4.69, 9.17) is 13.9 Å². The summed E-state index contributed by atoms with van der Waals surface area (Å²) in [5.41, 5.74) is 6.13. The Hall–Kier alpha value is -3.57. The van der Waals surface area contributed by atoms with E-state index in [1.165, 1.54) is 16.4 Å². The molecule has 0 atom stereocenters. The molecule has 10 nitrogen and oxygen atoms in total. The van der Waals surface area contributed by atoms with Crippen molar-refractivity contribution in [3.05, 3.63) is 53.8 Å². The molecule has 0 saturated carbocycles. The van der Waals surface area contributed by atoms with Gasteiger partial charge in [0.25, 0.3) is 0 Å². The molecule has 1 fully saturated rings. The topological polar surface area (TPSA) is 127 Å². The van der Waals surface area contributed by atoms with E-state index >= 15 is 0 Å². The van der Waals surface area contributed by atoms with Crippen LogP contribution < -0.4 is 20.3 Å². The zero-order chi connectivity index (χ0) is 24.6. The largest absolute Gasteiger partial charge is 0.486 e. The van der Waals surface area contributed by atoms with Gasteiger partial charge in [-0.1, -0.05) is 18.2 Å². The summed E-state index contributed by atoms with van der Waals surface area (Å²) in [4.78, 5) is 25.3. The number of carbonyl (C=O) groups excluding carboxylic acids is 2. The smallest absolute Gasteiger partial charge is 0.305 e. The Morgan fingerprint density at radius 3 is 2.43 bits per heavy atom. The molecule has 2 N–H and O–H groups in total. The van der Waals surface area contributed by atoms with E-state index in [1.807, 2.05) is 18.2 Å². The fraction of sp³-hybridized carbons (Fsp3) is 0.333. The second-order valence-electron chi connectivity index (χ2n) is 8.48. The SMILES string of the molecule is Cc1c(C(=O)NNC(=O)C2CCN(S(=O)(=O)c3ccc4c(c3)OCCO4)CC2)oc2ccccc12. The molecule has 3 heterocycles. The number of furan rings is 1. The van der Waals surface area contributed by atoms with Gasteiger partial charge in [0, 0.05) is 36.0 Å². The Morgan fingerprint density at radius 1 is 0.971 bits per heavy atom. The fourth-order valence-corrected chi connectivity index (χ4v) is 5.85. The molecule has 0 radical (unpaired) electrons. The van der Waals surface area contributed by atoms with Crippen molar-refractivity contribution in [1.82, 2.24) is 15.2 Å². The molecule has 1 aromatic heterocycles. The molecule has 2 aliphatic rings. The standard InChI is InChI=1S/C24H25N3O7S/c1-15-18-4-2-3-5-19(18)34-22(15)24(29)26-25-23(28)16-8-10-27(11-9-16)35(30,31)17-6-7-20-21(14-17)33-13-12-32-20/h2-7,14,16H,8-13H2,1H3,(H,25,28)(H,26,29). The maximum atomic E-state index is 13.1. The van der Waals surface area contributed by atoms with Crippen LogP contribution in [0.4, 0.5) is 0 Å². The minimum absolute atomic E-state index is 0.123. The van der Waals surface area contributed by atoms with E-state index in [9.17, 15) is 18.0 Å². The first-order chi connectivity index (χ1) is 16.8. The van der Waals surface area contributed by atoms with Crippen molar-refractivity contribution in [2.45, 2.75) is 24.7 Å². The van der Waals surface area contributed by atoms with Crippen LogP contribution in [-0.2, 0) is 14.8 Å². The summed E-state index contributed by atoms with van der Waals surface area (Å²) in [5, 5.41) is 0.829. The number of piperidine rings is 1. The number of sulfonamides is 1. The van der Waals surface area contributed by atoms with Crippen molar-refractivity contribution in [3.8, 4) is 11.5 Å². The predicted octanol–water partition coefficient (Wildman–Crippen LogP) is 2.37. The van der Waals surface area contributed by atoms with E-state index in [-0.39, 0.29) is 29.7 Å². The molecule has 1 saturated heterocycles. The van der Waals surface area contributed by atoms with Crippen LogP contribution in [0.3, 0.4) is 0 Å². The molecule has 3 aromatic rings. The molecule has 2 aromatic carbocycles. The highest BCUT2D eigenvalue weighted by molar-refractivity contribution is 7.89. The molecule has 2 aliphatic heterocycles. The summed E-state index contributed by atoms with van der Waals surface area (Å²) in [7, 11) is -3.74. The van der Waals surface area contributed by atoms with E-state index < -0.39 is 21.8 Å². The lowest BCUT2D eigenvalue weighted by molar-refractivity contribution is -0.126. The van der Waals surface area contributed by atoms with E-state index in [0.29, 0.717) is 48.7 Å². The van der Waals surface area contributed by atoms with Crippen molar-refractivity contribution in [3.63, 3.8) is 0 Å². The van der Waals surface area contributed by atoms with E-state index in [2.05, 4.69) is 10.9 Å². The van der Waals surface area contributed by atoms with Gasteiger partial charge in [0.15, 0.2) is 17.3 Å². The van der Waals surface area contributed by atoms with Gasteiger partial charge in [0.1, 0.15) is 18.8 Å². The molecule has 11 heteroatoms. The predicted molar refractivity (Wildman–Crippen MR) is 125 cm³/mol. The van der Waals surface area contributed by atoms with Crippen LogP contribution in [0.25, 0.3) is 11.0 Å². The molecule has 35 heavy (non-hydrogen) atoms. The fourth-order valence-electron chi connectivity index (χ4n) is 4.36. The summed E-state index contributed by atoms with van der Waals surface area (Å²) in [6.07, 6.45) is 0.657. The van der Waals surface area contributed by atoms with Gasteiger partial charge >= 0.3 is 5.91 Å². The Kier molecular flexibility index (Phi) is 6.12. The number of hydrogen-bond acceptors (Lipinski definition) is 7. The van der Waals surface area contributed by atoms with E-state index in [1.54, 1.807) is 19.1 Å². The van der Waals surface area contributed by atoms with Gasteiger partial charge in [-0.2, -0.15) is 4.31 Å². The van der Waals surface area contributed by atoms with E-state index in [0.717, 1.165) is 5.39 Å². The zero-order valence-electron chi connectivity index (χ0n) is 19.1. The number of benzene rings is 2. The number of ether oxygens (including phenoxy) is 2. The third-order valence-electron chi connectivity index (χ3n) is 6.33. The molecule has 184 valence electrons. The number of aryl methyl sites for hydroxylation is 1. The van der Waals surface area contributed by atoms with Gasteiger partial charge in [-0.05, 0) is 38.0 Å². The lowest BCUT2D eigenvalue weighted by atomic mass is 9.98. The highest BCUT2D eigenvalue weighted by atomic mass is 32.2.